The van der Waals surface area contributed by atoms with E-state index in [9.17, 15) is 4.79 Å². The van der Waals surface area contributed by atoms with Crippen LogP contribution in [0.2, 0.25) is 0 Å². The van der Waals surface area contributed by atoms with Crippen molar-refractivity contribution in [1.29, 1.82) is 5.26 Å². The quantitative estimate of drug-likeness (QED) is 0.452. The van der Waals surface area contributed by atoms with Crippen LogP contribution in [0, 0.1) is 35.0 Å². The van der Waals surface area contributed by atoms with Crippen LogP contribution in [0.25, 0.3) is 11.0 Å². The topological polar surface area (TPSA) is 76.4 Å². The lowest BCUT2D eigenvalue weighted by Crippen LogP contribution is -2.57. The van der Waals surface area contributed by atoms with Crippen LogP contribution < -0.4 is 4.90 Å². The summed E-state index contributed by atoms with van der Waals surface area (Å²) < 4.78 is 0. The van der Waals surface area contributed by atoms with Gasteiger partial charge in [0.15, 0.2) is 0 Å². The molecule has 40 heavy (non-hydrogen) atoms. The highest BCUT2D eigenvalue weighted by atomic mass is 16.2. The Balaban J connectivity index is 1.08. The van der Waals surface area contributed by atoms with Gasteiger partial charge in [0, 0.05) is 63.9 Å². The van der Waals surface area contributed by atoms with E-state index in [0.717, 1.165) is 69.0 Å². The molecule has 2 aliphatic heterocycles. The molecule has 3 aromatic rings. The van der Waals surface area contributed by atoms with Crippen molar-refractivity contribution in [1.82, 2.24) is 19.8 Å². The Bertz CT molecular complexity index is 1360. The smallest absolute Gasteiger partial charge is 0.227 e. The Labute approximate surface area is 237 Å². The number of anilines is 1. The molecule has 0 unspecified atom stereocenters. The highest BCUT2D eigenvalue weighted by Gasteiger charge is 2.43. The number of hydrogen-bond donors (Lipinski definition) is 0. The average Bonchev–Trinajstić information content (AvgIpc) is 3.00. The second-order valence-electron chi connectivity index (χ2n) is 12.2. The van der Waals surface area contributed by atoms with Crippen molar-refractivity contribution in [3.8, 4) is 6.07 Å². The molecule has 1 aliphatic carbocycles. The minimum atomic E-state index is 0.114. The summed E-state index contributed by atoms with van der Waals surface area (Å²) >= 11 is 0. The molecule has 2 saturated heterocycles. The van der Waals surface area contributed by atoms with E-state index in [1.54, 1.807) is 12.4 Å². The number of rotatable bonds is 6. The minimum Gasteiger partial charge on any atom is -0.368 e. The number of nitriles is 1. The maximum atomic E-state index is 14.0. The van der Waals surface area contributed by atoms with Crippen molar-refractivity contribution in [3.63, 3.8) is 0 Å². The van der Waals surface area contributed by atoms with Gasteiger partial charge in [-0.15, -0.1) is 0 Å². The highest BCUT2D eigenvalue weighted by molar-refractivity contribution is 5.80. The molecule has 1 saturated carbocycles. The molecule has 7 nitrogen and oxygen atoms in total. The van der Waals surface area contributed by atoms with E-state index in [1.165, 1.54) is 31.2 Å². The van der Waals surface area contributed by atoms with Gasteiger partial charge in [-0.05, 0) is 79.0 Å². The number of piperazine rings is 1. The van der Waals surface area contributed by atoms with Crippen molar-refractivity contribution in [2.24, 2.45) is 23.7 Å². The zero-order valence-electron chi connectivity index (χ0n) is 23.6. The van der Waals surface area contributed by atoms with Crippen LogP contribution in [0.3, 0.4) is 0 Å². The number of amides is 1. The molecule has 1 amide bonds. The molecular formula is C33H40N6O. The summed E-state index contributed by atoms with van der Waals surface area (Å²) in [5, 5.41) is 9.09. The number of aromatic nitrogens is 2. The molecule has 0 N–H and O–H groups in total. The van der Waals surface area contributed by atoms with Crippen LogP contribution in [0.1, 0.15) is 43.7 Å². The molecular weight excluding hydrogens is 496 g/mol. The summed E-state index contributed by atoms with van der Waals surface area (Å²) in [6.45, 7) is 8.62. The summed E-state index contributed by atoms with van der Waals surface area (Å²) in [6.07, 6.45) is 9.53. The molecule has 6 rings (SSSR count). The first-order valence-corrected chi connectivity index (χ1v) is 15.0. The molecule has 1 aromatic heterocycles. The monoisotopic (exact) mass is 536 g/mol. The van der Waals surface area contributed by atoms with Gasteiger partial charge >= 0.3 is 0 Å². The van der Waals surface area contributed by atoms with Gasteiger partial charge in [0.1, 0.15) is 0 Å². The maximum absolute atomic E-state index is 14.0. The Morgan fingerprint density at radius 2 is 1.73 bits per heavy atom. The number of fused-ring (bicyclic) bond motifs is 2. The summed E-state index contributed by atoms with van der Waals surface area (Å²) in [5.41, 5.74) is 5.02. The predicted octanol–water partition coefficient (Wildman–Crippen LogP) is 4.77. The number of nitrogens with zero attached hydrogens (tertiary/aromatic N) is 6. The van der Waals surface area contributed by atoms with Crippen molar-refractivity contribution in [3.05, 3.63) is 66.0 Å². The maximum Gasteiger partial charge on any atom is 0.227 e. The lowest BCUT2D eigenvalue weighted by Gasteiger charge is -2.48. The number of likely N-dealkylation sites (tertiary alicyclic amines) is 1. The second kappa shape index (κ2) is 11.9. The molecule has 0 radical (unpaired) electrons. The Morgan fingerprint density at radius 1 is 0.975 bits per heavy atom. The summed E-state index contributed by atoms with van der Waals surface area (Å²) in [6, 6.07) is 16.4. The SMILES string of the molecule is C[C@@H](Cc1ccc2nccnc2c1)CN1C[C@H]2CCCC[C@@H]2[C@H](C(=O)N2CCN(c3ccc(C#N)cc3)CC2)C1. The third-order valence-electron chi connectivity index (χ3n) is 9.39. The van der Waals surface area contributed by atoms with E-state index >= 15 is 0 Å². The summed E-state index contributed by atoms with van der Waals surface area (Å²) in [5.74, 6) is 2.16. The number of piperidine rings is 1. The van der Waals surface area contributed by atoms with E-state index in [2.05, 4.69) is 55.9 Å². The number of benzene rings is 2. The molecule has 0 bridgehead atoms. The molecule has 2 aromatic carbocycles. The van der Waals surface area contributed by atoms with Crippen LogP contribution in [-0.2, 0) is 11.2 Å². The minimum absolute atomic E-state index is 0.114. The fourth-order valence-corrected chi connectivity index (χ4v) is 7.43. The van der Waals surface area contributed by atoms with E-state index in [4.69, 9.17) is 5.26 Å². The predicted molar refractivity (Wildman–Crippen MR) is 158 cm³/mol. The summed E-state index contributed by atoms with van der Waals surface area (Å²) in [7, 11) is 0. The third-order valence-corrected chi connectivity index (χ3v) is 9.39. The van der Waals surface area contributed by atoms with E-state index in [1.807, 2.05) is 24.3 Å². The number of carbonyl (C=O) groups is 1. The van der Waals surface area contributed by atoms with Crippen molar-refractivity contribution < 1.29 is 4.79 Å². The van der Waals surface area contributed by atoms with E-state index in [0.29, 0.717) is 29.2 Å². The van der Waals surface area contributed by atoms with Gasteiger partial charge in [-0.1, -0.05) is 25.8 Å². The van der Waals surface area contributed by atoms with Gasteiger partial charge in [0.05, 0.1) is 28.6 Å². The molecule has 7 heteroatoms. The van der Waals surface area contributed by atoms with Gasteiger partial charge in [0.2, 0.25) is 5.91 Å². The van der Waals surface area contributed by atoms with Crippen molar-refractivity contribution in [2.45, 2.75) is 39.0 Å². The summed E-state index contributed by atoms with van der Waals surface area (Å²) in [4.78, 5) is 30.0. The van der Waals surface area contributed by atoms with Crippen molar-refractivity contribution in [2.75, 3.05) is 50.7 Å². The first-order valence-electron chi connectivity index (χ1n) is 15.0. The fourth-order valence-electron chi connectivity index (χ4n) is 7.43. The van der Waals surface area contributed by atoms with Gasteiger partial charge < -0.3 is 14.7 Å². The van der Waals surface area contributed by atoms with E-state index in [-0.39, 0.29) is 5.92 Å². The lowest BCUT2D eigenvalue weighted by molar-refractivity contribution is -0.142. The Hall–Kier alpha value is -3.50. The first-order chi connectivity index (χ1) is 19.6. The van der Waals surface area contributed by atoms with E-state index < -0.39 is 0 Å². The molecule has 3 aliphatic rings. The molecule has 0 spiro atoms. The standard InChI is InChI=1S/C33H40N6O/c1-24(18-26-8-11-31-32(19-26)36-13-12-35-31)21-37-22-27-4-2-3-5-29(27)30(23-37)33(40)39-16-14-38(15-17-39)28-9-6-25(20-34)7-10-28/h6-13,19,24,27,29-30H,2-5,14-18,21-23H2,1H3/t24-,27+,29-,30+/m0/s1. The highest BCUT2D eigenvalue weighted by Crippen LogP contribution is 2.40. The van der Waals surface area contributed by atoms with Gasteiger partial charge in [-0.3, -0.25) is 14.8 Å². The Morgan fingerprint density at radius 3 is 2.50 bits per heavy atom. The first kappa shape index (κ1) is 26.7. The third kappa shape index (κ3) is 5.83. The van der Waals surface area contributed by atoms with Gasteiger partial charge in [-0.2, -0.15) is 5.26 Å². The van der Waals surface area contributed by atoms with Crippen LogP contribution in [0.15, 0.2) is 54.9 Å². The number of hydrogen-bond acceptors (Lipinski definition) is 6. The van der Waals surface area contributed by atoms with Crippen LogP contribution in [0.4, 0.5) is 5.69 Å². The largest absolute Gasteiger partial charge is 0.368 e. The van der Waals surface area contributed by atoms with Crippen molar-refractivity contribution >= 4 is 22.6 Å². The van der Waals surface area contributed by atoms with Crippen LogP contribution >= 0.6 is 0 Å². The zero-order chi connectivity index (χ0) is 27.5. The normalized spacial score (nSPS) is 24.4. The van der Waals surface area contributed by atoms with Gasteiger partial charge in [-0.25, -0.2) is 0 Å². The van der Waals surface area contributed by atoms with Crippen LogP contribution in [-0.4, -0.2) is 71.5 Å². The zero-order valence-corrected chi connectivity index (χ0v) is 23.6. The number of carbonyl (C=O) groups excluding carboxylic acids is 1. The second-order valence-corrected chi connectivity index (χ2v) is 12.2. The van der Waals surface area contributed by atoms with Gasteiger partial charge in [0.25, 0.3) is 0 Å². The molecule has 3 heterocycles. The molecule has 3 fully saturated rings. The van der Waals surface area contributed by atoms with Crippen LogP contribution in [0.5, 0.6) is 0 Å². The fraction of sp³-hybridized carbons (Fsp3) is 0.515. The molecule has 4 atom stereocenters. The Kier molecular flexibility index (Phi) is 7.97. The average molecular weight is 537 g/mol. The lowest BCUT2D eigenvalue weighted by atomic mass is 9.69. The molecule has 208 valence electrons.